The van der Waals surface area contributed by atoms with E-state index in [-0.39, 0.29) is 6.61 Å². The molecule has 7 nitrogen and oxygen atoms in total. The molecular formula is C9H13N3O4. The first-order valence-corrected chi connectivity index (χ1v) is 4.51. The highest BCUT2D eigenvalue weighted by Crippen LogP contribution is 2.11. The number of hydrogen-bond donors (Lipinski definition) is 2. The van der Waals surface area contributed by atoms with Crippen LogP contribution in [0.4, 0.5) is 5.82 Å². The predicted molar refractivity (Wildman–Crippen MR) is 55.5 cm³/mol. The van der Waals surface area contributed by atoms with Gasteiger partial charge in [0.05, 0.1) is 13.7 Å². The molecule has 1 unspecified atom stereocenters. The average Bonchev–Trinajstić information content (AvgIpc) is 2.28. The topological polar surface area (TPSA) is 93.6 Å². The maximum atomic E-state index is 10.8. The molecule has 16 heavy (non-hydrogen) atoms. The Hall–Kier alpha value is -1.89. The number of aliphatic carboxylic acids is 1. The Kier molecular flexibility index (Phi) is 4.46. The molecule has 1 atom stereocenters. The Bertz CT molecular complexity index is 358. The molecule has 0 aliphatic rings. The smallest absolute Gasteiger partial charge is 0.328 e. The summed E-state index contributed by atoms with van der Waals surface area (Å²) in [7, 11) is 2.90. The van der Waals surface area contributed by atoms with E-state index in [0.29, 0.717) is 11.7 Å². The predicted octanol–water partition coefficient (Wildman–Crippen LogP) is -0.00330. The molecule has 1 heterocycles. The number of nitrogens with zero attached hydrogens (tertiary/aromatic N) is 2. The summed E-state index contributed by atoms with van der Waals surface area (Å²) in [6.07, 6.45) is 1.28. The number of nitrogens with one attached hydrogen (secondary N) is 1. The zero-order valence-electron chi connectivity index (χ0n) is 9.01. The molecule has 0 saturated carbocycles. The van der Waals surface area contributed by atoms with Crippen molar-refractivity contribution in [1.82, 2.24) is 9.97 Å². The second kappa shape index (κ2) is 5.86. The molecule has 1 aromatic rings. The van der Waals surface area contributed by atoms with E-state index in [1.807, 2.05) is 0 Å². The summed E-state index contributed by atoms with van der Waals surface area (Å²) in [5, 5.41) is 11.6. The van der Waals surface area contributed by atoms with E-state index in [9.17, 15) is 4.79 Å². The van der Waals surface area contributed by atoms with E-state index in [4.69, 9.17) is 14.6 Å². The van der Waals surface area contributed by atoms with Gasteiger partial charge < -0.3 is 19.9 Å². The summed E-state index contributed by atoms with van der Waals surface area (Å²) in [6.45, 7) is 0.0433. The van der Waals surface area contributed by atoms with Crippen LogP contribution in [0, 0.1) is 0 Å². The monoisotopic (exact) mass is 227 g/mol. The number of hydrogen-bond acceptors (Lipinski definition) is 6. The van der Waals surface area contributed by atoms with Crippen LogP contribution in [-0.4, -0.2) is 47.9 Å². The quantitative estimate of drug-likeness (QED) is 0.706. The van der Waals surface area contributed by atoms with Gasteiger partial charge in [0.15, 0.2) is 0 Å². The van der Waals surface area contributed by atoms with Crippen molar-refractivity contribution in [2.45, 2.75) is 6.04 Å². The molecule has 1 aromatic heterocycles. The van der Waals surface area contributed by atoms with Crippen LogP contribution >= 0.6 is 0 Å². The van der Waals surface area contributed by atoms with Crippen molar-refractivity contribution in [3.8, 4) is 5.88 Å². The van der Waals surface area contributed by atoms with E-state index in [1.165, 1.54) is 26.6 Å². The van der Waals surface area contributed by atoms with Crippen molar-refractivity contribution in [3.63, 3.8) is 0 Å². The van der Waals surface area contributed by atoms with Gasteiger partial charge in [0, 0.05) is 13.2 Å². The summed E-state index contributed by atoms with van der Waals surface area (Å²) in [6, 6.07) is 0.649. The zero-order valence-corrected chi connectivity index (χ0v) is 9.01. The van der Waals surface area contributed by atoms with Gasteiger partial charge in [-0.25, -0.2) is 14.8 Å². The van der Waals surface area contributed by atoms with Crippen LogP contribution in [0.25, 0.3) is 0 Å². The first-order valence-electron chi connectivity index (χ1n) is 4.51. The first-order chi connectivity index (χ1) is 7.67. The molecule has 0 radical (unpaired) electrons. The molecule has 0 aromatic carbocycles. The minimum absolute atomic E-state index is 0.0433. The van der Waals surface area contributed by atoms with Crippen molar-refractivity contribution in [2.24, 2.45) is 0 Å². The number of aromatic nitrogens is 2. The Balaban J connectivity index is 2.72. The van der Waals surface area contributed by atoms with Crippen molar-refractivity contribution in [3.05, 3.63) is 12.4 Å². The molecule has 0 aliphatic carbocycles. The molecule has 0 fully saturated rings. The number of carboxylic acid groups (broad SMARTS) is 1. The van der Waals surface area contributed by atoms with Gasteiger partial charge >= 0.3 is 5.97 Å². The second-order valence-corrected chi connectivity index (χ2v) is 2.94. The van der Waals surface area contributed by atoms with Gasteiger partial charge in [0.25, 0.3) is 0 Å². The van der Waals surface area contributed by atoms with Gasteiger partial charge in [-0.15, -0.1) is 0 Å². The second-order valence-electron chi connectivity index (χ2n) is 2.94. The summed E-state index contributed by atoms with van der Waals surface area (Å²) in [5.41, 5.74) is 0. The molecule has 88 valence electrons. The highest BCUT2D eigenvalue weighted by molar-refractivity contribution is 5.77. The SMILES string of the molecule is COCC(Nc1cc(OC)ncn1)C(=O)O. The van der Waals surface area contributed by atoms with E-state index < -0.39 is 12.0 Å². The summed E-state index contributed by atoms with van der Waals surface area (Å²) in [5.74, 6) is -0.283. The van der Waals surface area contributed by atoms with Gasteiger partial charge in [-0.1, -0.05) is 0 Å². The Morgan fingerprint density at radius 2 is 2.31 bits per heavy atom. The van der Waals surface area contributed by atoms with Crippen LogP contribution in [0.5, 0.6) is 5.88 Å². The number of ether oxygens (including phenoxy) is 2. The molecule has 7 heteroatoms. The van der Waals surface area contributed by atoms with E-state index >= 15 is 0 Å². The number of methoxy groups -OCH3 is 2. The van der Waals surface area contributed by atoms with Crippen LogP contribution in [0.2, 0.25) is 0 Å². The van der Waals surface area contributed by atoms with E-state index in [1.54, 1.807) is 0 Å². The van der Waals surface area contributed by atoms with Crippen molar-refractivity contribution < 1.29 is 19.4 Å². The molecule has 1 rings (SSSR count). The minimum atomic E-state index is -1.01. The highest BCUT2D eigenvalue weighted by Gasteiger charge is 2.17. The van der Waals surface area contributed by atoms with Gasteiger partial charge in [-0.3, -0.25) is 0 Å². The summed E-state index contributed by atoms with van der Waals surface area (Å²) in [4.78, 5) is 18.5. The van der Waals surface area contributed by atoms with Crippen LogP contribution in [0.3, 0.4) is 0 Å². The fourth-order valence-electron chi connectivity index (χ4n) is 1.05. The van der Waals surface area contributed by atoms with E-state index in [2.05, 4.69) is 15.3 Å². The molecule has 0 amide bonds. The Labute approximate surface area is 92.4 Å². The minimum Gasteiger partial charge on any atom is -0.481 e. The summed E-state index contributed by atoms with van der Waals surface area (Å²) < 4.78 is 9.66. The van der Waals surface area contributed by atoms with E-state index in [0.717, 1.165) is 0 Å². The number of rotatable bonds is 6. The third kappa shape index (κ3) is 3.35. The van der Waals surface area contributed by atoms with Crippen LogP contribution in [0.15, 0.2) is 12.4 Å². The van der Waals surface area contributed by atoms with Crippen molar-refractivity contribution >= 4 is 11.8 Å². The lowest BCUT2D eigenvalue weighted by atomic mass is 10.3. The number of anilines is 1. The van der Waals surface area contributed by atoms with Crippen LogP contribution in [-0.2, 0) is 9.53 Å². The third-order valence-electron chi connectivity index (χ3n) is 1.80. The lowest BCUT2D eigenvalue weighted by Crippen LogP contribution is -2.33. The zero-order chi connectivity index (χ0) is 12.0. The molecule has 0 spiro atoms. The lowest BCUT2D eigenvalue weighted by Gasteiger charge is -2.13. The summed E-state index contributed by atoms with van der Waals surface area (Å²) >= 11 is 0. The van der Waals surface area contributed by atoms with Gasteiger partial charge in [-0.05, 0) is 0 Å². The first kappa shape index (κ1) is 12.2. The van der Waals surface area contributed by atoms with Crippen LogP contribution in [0.1, 0.15) is 0 Å². The standard InChI is InChI=1S/C9H13N3O4/c1-15-4-6(9(13)14)12-7-3-8(16-2)11-5-10-7/h3,5-6H,4H2,1-2H3,(H,13,14)(H,10,11,12). The van der Waals surface area contributed by atoms with Gasteiger partial charge in [-0.2, -0.15) is 0 Å². The number of carboxylic acids is 1. The van der Waals surface area contributed by atoms with Crippen LogP contribution < -0.4 is 10.1 Å². The van der Waals surface area contributed by atoms with Crippen molar-refractivity contribution in [1.29, 1.82) is 0 Å². The van der Waals surface area contributed by atoms with Gasteiger partial charge in [0.1, 0.15) is 18.2 Å². The third-order valence-corrected chi connectivity index (χ3v) is 1.80. The lowest BCUT2D eigenvalue weighted by molar-refractivity contribution is -0.139. The maximum Gasteiger partial charge on any atom is 0.328 e. The maximum absolute atomic E-state index is 10.8. The molecule has 0 aliphatic heterocycles. The Morgan fingerprint density at radius 3 is 2.88 bits per heavy atom. The normalized spacial score (nSPS) is 11.9. The number of carbonyl (C=O) groups is 1. The average molecular weight is 227 g/mol. The molecule has 2 N–H and O–H groups in total. The molecule has 0 saturated heterocycles. The van der Waals surface area contributed by atoms with Crippen molar-refractivity contribution in [2.75, 3.05) is 26.1 Å². The largest absolute Gasteiger partial charge is 0.481 e. The van der Waals surface area contributed by atoms with Gasteiger partial charge in [0.2, 0.25) is 5.88 Å². The molecule has 0 bridgehead atoms. The highest BCUT2D eigenvalue weighted by atomic mass is 16.5. The fraction of sp³-hybridized carbons (Fsp3) is 0.444. The Morgan fingerprint density at radius 1 is 1.56 bits per heavy atom. The fourth-order valence-corrected chi connectivity index (χ4v) is 1.05. The molecular weight excluding hydrogens is 214 g/mol.